The Morgan fingerprint density at radius 1 is 1.47 bits per heavy atom. The van der Waals surface area contributed by atoms with Crippen LogP contribution in [0.1, 0.15) is 16.8 Å². The quantitative estimate of drug-likeness (QED) is 0.296. The number of aromatic nitrogens is 2. The van der Waals surface area contributed by atoms with Gasteiger partial charge in [-0.2, -0.15) is 5.10 Å². The number of aryl methyl sites for hydroxylation is 1. The predicted molar refractivity (Wildman–Crippen MR) is 49.2 cm³/mol. The van der Waals surface area contributed by atoms with E-state index in [0.717, 1.165) is 7.11 Å². The minimum absolute atomic E-state index is 0.301. The molecule has 1 rings (SSSR count). The number of carbonyl (C=O) groups excluding carboxylic acids is 3. The molecule has 1 aromatic heterocycles. The number of hydrogen-bond donors (Lipinski definition) is 0. The maximum absolute atomic E-state index is 11.4. The lowest BCUT2D eigenvalue weighted by atomic mass is 10.1. The summed E-state index contributed by atoms with van der Waals surface area (Å²) in [5.74, 6) is -2.31. The van der Waals surface area contributed by atoms with Crippen LogP contribution in [0.4, 0.5) is 0 Å². The summed E-state index contributed by atoms with van der Waals surface area (Å²) in [6.45, 7) is 0. The standard InChI is InChI=1S/C9H10N2O4/c1-11-5-6(4-10-11)7(12)3-8(13)9(14)15-2/h4-5H,3H2,1-2H3. The van der Waals surface area contributed by atoms with E-state index in [1.54, 1.807) is 7.05 Å². The second-order valence-corrected chi connectivity index (χ2v) is 2.92. The van der Waals surface area contributed by atoms with Gasteiger partial charge in [0, 0.05) is 13.2 Å². The van der Waals surface area contributed by atoms with Crippen LogP contribution >= 0.6 is 0 Å². The molecule has 0 aromatic carbocycles. The van der Waals surface area contributed by atoms with E-state index in [9.17, 15) is 14.4 Å². The zero-order chi connectivity index (χ0) is 11.4. The van der Waals surface area contributed by atoms with Gasteiger partial charge in [-0.3, -0.25) is 14.3 Å². The number of Topliss-reactive ketones (excluding diaryl/α,β-unsaturated/α-hetero) is 2. The van der Waals surface area contributed by atoms with Gasteiger partial charge in [-0.15, -0.1) is 0 Å². The summed E-state index contributed by atoms with van der Waals surface area (Å²) < 4.78 is 5.63. The lowest BCUT2D eigenvalue weighted by Crippen LogP contribution is -2.19. The zero-order valence-corrected chi connectivity index (χ0v) is 8.39. The van der Waals surface area contributed by atoms with Gasteiger partial charge in [0.1, 0.15) is 0 Å². The molecule has 6 heteroatoms. The van der Waals surface area contributed by atoms with Crippen LogP contribution < -0.4 is 0 Å². The minimum atomic E-state index is -1.01. The highest BCUT2D eigenvalue weighted by atomic mass is 16.5. The molecule has 0 bridgehead atoms. The van der Waals surface area contributed by atoms with E-state index < -0.39 is 24.0 Å². The van der Waals surface area contributed by atoms with Crippen molar-refractivity contribution in [1.29, 1.82) is 0 Å². The molecule has 0 amide bonds. The van der Waals surface area contributed by atoms with Crippen LogP contribution in [-0.4, -0.2) is 34.4 Å². The molecule has 0 saturated carbocycles. The van der Waals surface area contributed by atoms with E-state index in [4.69, 9.17) is 0 Å². The van der Waals surface area contributed by atoms with Gasteiger partial charge >= 0.3 is 5.97 Å². The second kappa shape index (κ2) is 4.50. The van der Waals surface area contributed by atoms with E-state index in [-0.39, 0.29) is 0 Å². The monoisotopic (exact) mass is 210 g/mol. The summed E-state index contributed by atoms with van der Waals surface area (Å²) in [6, 6.07) is 0. The van der Waals surface area contributed by atoms with Crippen LogP contribution in [0.2, 0.25) is 0 Å². The van der Waals surface area contributed by atoms with E-state index in [0.29, 0.717) is 5.56 Å². The number of hydrogen-bond acceptors (Lipinski definition) is 5. The predicted octanol–water partition coefficient (Wildman–Crippen LogP) is -0.265. The molecule has 0 radical (unpaired) electrons. The maximum atomic E-state index is 11.4. The van der Waals surface area contributed by atoms with Gasteiger partial charge in [0.05, 0.1) is 25.3 Å². The third kappa shape index (κ3) is 2.73. The van der Waals surface area contributed by atoms with E-state index in [1.807, 2.05) is 0 Å². The molecule has 0 saturated heterocycles. The molecule has 0 unspecified atom stereocenters. The Hall–Kier alpha value is -1.98. The summed E-state index contributed by atoms with van der Waals surface area (Å²) in [5.41, 5.74) is 0.301. The third-order valence-electron chi connectivity index (χ3n) is 1.76. The van der Waals surface area contributed by atoms with Crippen molar-refractivity contribution in [3.8, 4) is 0 Å². The molecule has 1 aromatic rings. The normalized spacial score (nSPS) is 9.73. The van der Waals surface area contributed by atoms with Crippen LogP contribution in [0.5, 0.6) is 0 Å². The molecule has 15 heavy (non-hydrogen) atoms. The topological polar surface area (TPSA) is 78.3 Å². The Bertz CT molecular complexity index is 408. The van der Waals surface area contributed by atoms with Crippen molar-refractivity contribution in [3.05, 3.63) is 18.0 Å². The first kappa shape index (κ1) is 11.1. The largest absolute Gasteiger partial charge is 0.463 e. The maximum Gasteiger partial charge on any atom is 0.374 e. The molecule has 0 aliphatic carbocycles. The van der Waals surface area contributed by atoms with Crippen LogP contribution in [0, 0.1) is 0 Å². The molecular formula is C9H10N2O4. The number of methoxy groups -OCH3 is 1. The van der Waals surface area contributed by atoms with Crippen molar-refractivity contribution in [2.24, 2.45) is 7.05 Å². The fourth-order valence-corrected chi connectivity index (χ4v) is 0.999. The Morgan fingerprint density at radius 3 is 2.60 bits per heavy atom. The molecule has 0 spiro atoms. The first-order valence-corrected chi connectivity index (χ1v) is 4.17. The highest BCUT2D eigenvalue weighted by Crippen LogP contribution is 2.02. The number of nitrogens with zero attached hydrogens (tertiary/aromatic N) is 2. The van der Waals surface area contributed by atoms with Crippen LogP contribution in [-0.2, 0) is 21.4 Å². The van der Waals surface area contributed by atoms with Gasteiger partial charge in [-0.25, -0.2) is 4.79 Å². The summed E-state index contributed by atoms with van der Waals surface area (Å²) >= 11 is 0. The van der Waals surface area contributed by atoms with Gasteiger partial charge in [0.25, 0.3) is 0 Å². The molecule has 0 N–H and O–H groups in total. The molecule has 0 aliphatic heterocycles. The lowest BCUT2D eigenvalue weighted by molar-refractivity contribution is -0.151. The lowest BCUT2D eigenvalue weighted by Gasteiger charge is -1.96. The number of rotatable bonds is 4. The van der Waals surface area contributed by atoms with Crippen molar-refractivity contribution < 1.29 is 19.1 Å². The third-order valence-corrected chi connectivity index (χ3v) is 1.76. The van der Waals surface area contributed by atoms with Gasteiger partial charge in [-0.1, -0.05) is 0 Å². The summed E-state index contributed by atoms with van der Waals surface area (Å²) in [7, 11) is 2.74. The van der Waals surface area contributed by atoms with Crippen molar-refractivity contribution in [2.75, 3.05) is 7.11 Å². The number of carbonyl (C=O) groups is 3. The van der Waals surface area contributed by atoms with Crippen molar-refractivity contribution in [1.82, 2.24) is 9.78 Å². The fraction of sp³-hybridized carbons (Fsp3) is 0.333. The SMILES string of the molecule is COC(=O)C(=O)CC(=O)c1cnn(C)c1. The number of ether oxygens (including phenoxy) is 1. The van der Waals surface area contributed by atoms with Crippen molar-refractivity contribution in [2.45, 2.75) is 6.42 Å². The molecule has 0 atom stereocenters. The van der Waals surface area contributed by atoms with Crippen LogP contribution in [0.25, 0.3) is 0 Å². The van der Waals surface area contributed by atoms with Gasteiger partial charge in [0.2, 0.25) is 5.78 Å². The Balaban J connectivity index is 2.64. The average Bonchev–Trinajstić information content (AvgIpc) is 2.63. The van der Waals surface area contributed by atoms with Gasteiger partial charge in [-0.05, 0) is 0 Å². The summed E-state index contributed by atoms with van der Waals surface area (Å²) in [6.07, 6.45) is 2.33. The van der Waals surface area contributed by atoms with Gasteiger partial charge < -0.3 is 4.74 Å². The first-order chi connectivity index (χ1) is 7.04. The molecule has 0 fully saturated rings. The number of esters is 1. The Morgan fingerprint density at radius 2 is 2.13 bits per heavy atom. The molecule has 80 valence electrons. The molecule has 1 heterocycles. The van der Waals surface area contributed by atoms with Crippen LogP contribution in [0.15, 0.2) is 12.4 Å². The molecular weight excluding hydrogens is 200 g/mol. The van der Waals surface area contributed by atoms with E-state index in [2.05, 4.69) is 9.84 Å². The minimum Gasteiger partial charge on any atom is -0.463 e. The average molecular weight is 210 g/mol. The highest BCUT2D eigenvalue weighted by molar-refractivity contribution is 6.38. The van der Waals surface area contributed by atoms with E-state index in [1.165, 1.54) is 17.1 Å². The number of ketones is 2. The Kier molecular flexibility index (Phi) is 3.33. The van der Waals surface area contributed by atoms with E-state index >= 15 is 0 Å². The Labute approximate surface area is 85.8 Å². The summed E-state index contributed by atoms with van der Waals surface area (Å²) in [4.78, 5) is 33.2. The van der Waals surface area contributed by atoms with Crippen molar-refractivity contribution in [3.63, 3.8) is 0 Å². The molecule has 6 nitrogen and oxygen atoms in total. The smallest absolute Gasteiger partial charge is 0.374 e. The fourth-order valence-electron chi connectivity index (χ4n) is 0.999. The van der Waals surface area contributed by atoms with Gasteiger partial charge in [0.15, 0.2) is 5.78 Å². The molecule has 0 aliphatic rings. The first-order valence-electron chi connectivity index (χ1n) is 4.17. The second-order valence-electron chi connectivity index (χ2n) is 2.92. The highest BCUT2D eigenvalue weighted by Gasteiger charge is 2.19. The van der Waals surface area contributed by atoms with Crippen LogP contribution in [0.3, 0.4) is 0 Å². The summed E-state index contributed by atoms with van der Waals surface area (Å²) in [5, 5.41) is 3.78. The zero-order valence-electron chi connectivity index (χ0n) is 8.39. The van der Waals surface area contributed by atoms with Crippen molar-refractivity contribution >= 4 is 17.5 Å².